The summed E-state index contributed by atoms with van der Waals surface area (Å²) >= 11 is 0. The minimum atomic E-state index is -0.388. The van der Waals surface area contributed by atoms with E-state index >= 15 is 0 Å². The average molecular weight is 292 g/mol. The van der Waals surface area contributed by atoms with Gasteiger partial charge < -0.3 is 4.74 Å². The molecule has 21 heavy (non-hydrogen) atoms. The second-order valence-corrected chi connectivity index (χ2v) is 5.25. The van der Waals surface area contributed by atoms with Crippen molar-refractivity contribution in [3.8, 4) is 0 Å². The molecule has 0 N–H and O–H groups in total. The van der Waals surface area contributed by atoms with Crippen molar-refractivity contribution in [3.63, 3.8) is 0 Å². The summed E-state index contributed by atoms with van der Waals surface area (Å²) in [5.41, 5.74) is 1.00. The first-order chi connectivity index (χ1) is 10.1. The van der Waals surface area contributed by atoms with Crippen molar-refractivity contribution in [1.82, 2.24) is 4.90 Å². The molecule has 0 radical (unpaired) electrons. The number of rotatable bonds is 5. The Morgan fingerprint density at radius 3 is 3.05 bits per heavy atom. The van der Waals surface area contributed by atoms with Gasteiger partial charge in [-0.15, -0.1) is 0 Å². The van der Waals surface area contributed by atoms with Gasteiger partial charge in [0.05, 0.1) is 17.4 Å². The molecule has 1 fully saturated rings. The summed E-state index contributed by atoms with van der Waals surface area (Å²) in [5, 5.41) is 10.8. The predicted molar refractivity (Wildman–Crippen MR) is 77.7 cm³/mol. The first-order valence-electron chi connectivity index (χ1n) is 7.22. The Morgan fingerprint density at radius 2 is 2.33 bits per heavy atom. The number of esters is 1. The molecular formula is C15H20N2O4. The van der Waals surface area contributed by atoms with E-state index in [0.29, 0.717) is 19.7 Å². The van der Waals surface area contributed by atoms with Crippen LogP contribution in [-0.2, 0) is 16.1 Å². The number of nitro benzene ring substituents is 1. The lowest BCUT2D eigenvalue weighted by molar-refractivity contribution is -0.384. The molecule has 0 unspecified atom stereocenters. The Morgan fingerprint density at radius 1 is 1.52 bits per heavy atom. The molecule has 1 aliphatic heterocycles. The molecule has 6 nitrogen and oxygen atoms in total. The fourth-order valence-electron chi connectivity index (χ4n) is 2.68. The van der Waals surface area contributed by atoms with E-state index in [1.54, 1.807) is 12.1 Å². The zero-order valence-corrected chi connectivity index (χ0v) is 12.2. The van der Waals surface area contributed by atoms with Gasteiger partial charge >= 0.3 is 5.97 Å². The van der Waals surface area contributed by atoms with Gasteiger partial charge in [0.2, 0.25) is 0 Å². The quantitative estimate of drug-likeness (QED) is 0.473. The number of nitro groups is 1. The van der Waals surface area contributed by atoms with Crippen molar-refractivity contribution in [2.24, 2.45) is 5.92 Å². The van der Waals surface area contributed by atoms with Gasteiger partial charge in [-0.25, -0.2) is 0 Å². The second-order valence-electron chi connectivity index (χ2n) is 5.25. The molecule has 1 saturated heterocycles. The van der Waals surface area contributed by atoms with Gasteiger partial charge in [0.25, 0.3) is 5.69 Å². The molecule has 6 heteroatoms. The summed E-state index contributed by atoms with van der Waals surface area (Å²) in [5.74, 6) is -0.223. The third kappa shape index (κ3) is 4.26. The zero-order chi connectivity index (χ0) is 15.2. The zero-order valence-electron chi connectivity index (χ0n) is 12.2. The molecule has 1 aliphatic rings. The van der Waals surface area contributed by atoms with E-state index in [4.69, 9.17) is 4.74 Å². The van der Waals surface area contributed by atoms with Crippen LogP contribution in [0.3, 0.4) is 0 Å². The first kappa shape index (κ1) is 15.4. The van der Waals surface area contributed by atoms with Crippen molar-refractivity contribution in [1.29, 1.82) is 0 Å². The number of non-ortho nitro benzene ring substituents is 1. The van der Waals surface area contributed by atoms with Crippen LogP contribution < -0.4 is 0 Å². The summed E-state index contributed by atoms with van der Waals surface area (Å²) in [6, 6.07) is 6.65. The third-order valence-corrected chi connectivity index (χ3v) is 3.65. The number of carbonyl (C=O) groups is 1. The molecule has 0 saturated carbocycles. The molecule has 0 spiro atoms. The molecule has 2 rings (SSSR count). The van der Waals surface area contributed by atoms with Gasteiger partial charge in [-0.1, -0.05) is 12.1 Å². The van der Waals surface area contributed by atoms with Crippen LogP contribution >= 0.6 is 0 Å². The number of piperidine rings is 1. The molecule has 114 valence electrons. The third-order valence-electron chi connectivity index (χ3n) is 3.65. The van der Waals surface area contributed by atoms with Crippen LogP contribution in [0.25, 0.3) is 0 Å². The Balaban J connectivity index is 1.97. The van der Waals surface area contributed by atoms with Crippen LogP contribution in [-0.4, -0.2) is 35.5 Å². The minimum Gasteiger partial charge on any atom is -0.466 e. The van der Waals surface area contributed by atoms with E-state index in [2.05, 4.69) is 4.90 Å². The number of hydrogen-bond donors (Lipinski definition) is 0. The molecule has 1 atom stereocenters. The van der Waals surface area contributed by atoms with Crippen LogP contribution in [0.5, 0.6) is 0 Å². The van der Waals surface area contributed by atoms with Crippen molar-refractivity contribution in [3.05, 3.63) is 39.9 Å². The van der Waals surface area contributed by atoms with Crippen LogP contribution in [0, 0.1) is 16.0 Å². The van der Waals surface area contributed by atoms with Crippen LogP contribution in [0.1, 0.15) is 25.3 Å². The first-order valence-corrected chi connectivity index (χ1v) is 7.22. The lowest BCUT2D eigenvalue weighted by atomic mass is 9.97. The van der Waals surface area contributed by atoms with E-state index < -0.39 is 0 Å². The van der Waals surface area contributed by atoms with Gasteiger partial charge in [-0.05, 0) is 31.9 Å². The largest absolute Gasteiger partial charge is 0.466 e. The monoisotopic (exact) mass is 292 g/mol. The molecule has 1 aromatic rings. The van der Waals surface area contributed by atoms with Crippen LogP contribution in [0.4, 0.5) is 5.69 Å². The summed E-state index contributed by atoms with van der Waals surface area (Å²) in [4.78, 5) is 24.4. The standard InChI is InChI=1S/C15H20N2O4/c1-2-21-15(18)13-6-4-8-16(11-13)10-12-5-3-7-14(9-12)17(19)20/h3,5,7,9,13H,2,4,6,8,10-11H2,1H3/t13-/m0/s1. The smallest absolute Gasteiger partial charge is 0.310 e. The summed E-state index contributed by atoms with van der Waals surface area (Å²) in [7, 11) is 0. The molecule has 0 amide bonds. The van der Waals surface area contributed by atoms with Crippen molar-refractivity contribution < 1.29 is 14.5 Å². The van der Waals surface area contributed by atoms with Gasteiger partial charge in [0, 0.05) is 25.2 Å². The summed E-state index contributed by atoms with van der Waals surface area (Å²) in [6.07, 6.45) is 1.79. The fraction of sp³-hybridized carbons (Fsp3) is 0.533. The van der Waals surface area contributed by atoms with Gasteiger partial charge in [-0.2, -0.15) is 0 Å². The molecule has 0 aliphatic carbocycles. The number of hydrogen-bond acceptors (Lipinski definition) is 5. The van der Waals surface area contributed by atoms with Gasteiger partial charge in [0.15, 0.2) is 0 Å². The van der Waals surface area contributed by atoms with Gasteiger partial charge in [0.1, 0.15) is 0 Å². The topological polar surface area (TPSA) is 72.7 Å². The minimum absolute atomic E-state index is 0.0857. The Labute approximate surface area is 123 Å². The number of carbonyl (C=O) groups excluding carboxylic acids is 1. The van der Waals surface area contributed by atoms with E-state index in [0.717, 1.165) is 24.9 Å². The van der Waals surface area contributed by atoms with E-state index in [1.807, 2.05) is 13.0 Å². The number of nitrogens with zero attached hydrogens (tertiary/aromatic N) is 2. The molecule has 0 bridgehead atoms. The Bertz CT molecular complexity index is 518. The van der Waals surface area contributed by atoms with Gasteiger partial charge in [-0.3, -0.25) is 19.8 Å². The molecule has 1 aromatic carbocycles. The normalized spacial score (nSPS) is 19.2. The highest BCUT2D eigenvalue weighted by Gasteiger charge is 2.26. The lowest BCUT2D eigenvalue weighted by Crippen LogP contribution is -2.38. The SMILES string of the molecule is CCOC(=O)[C@H]1CCCN(Cc2cccc([N+](=O)[O-])c2)C1. The van der Waals surface area contributed by atoms with E-state index in [1.165, 1.54) is 6.07 Å². The number of benzene rings is 1. The highest BCUT2D eigenvalue weighted by atomic mass is 16.6. The van der Waals surface area contributed by atoms with Crippen molar-refractivity contribution in [2.45, 2.75) is 26.3 Å². The molecular weight excluding hydrogens is 272 g/mol. The highest BCUT2D eigenvalue weighted by Crippen LogP contribution is 2.21. The Hall–Kier alpha value is -1.95. The second kappa shape index (κ2) is 7.17. The highest BCUT2D eigenvalue weighted by molar-refractivity contribution is 5.72. The fourth-order valence-corrected chi connectivity index (χ4v) is 2.68. The average Bonchev–Trinajstić information content (AvgIpc) is 2.48. The maximum absolute atomic E-state index is 11.8. The molecule has 0 aromatic heterocycles. The number of likely N-dealkylation sites (tertiary alicyclic amines) is 1. The van der Waals surface area contributed by atoms with Crippen molar-refractivity contribution >= 4 is 11.7 Å². The number of ether oxygens (including phenoxy) is 1. The van der Waals surface area contributed by atoms with E-state index in [9.17, 15) is 14.9 Å². The maximum atomic E-state index is 11.8. The summed E-state index contributed by atoms with van der Waals surface area (Å²) in [6.45, 7) is 4.39. The molecule has 1 heterocycles. The van der Waals surface area contributed by atoms with Crippen LogP contribution in [0.15, 0.2) is 24.3 Å². The predicted octanol–water partition coefficient (Wildman–Crippen LogP) is 2.37. The lowest BCUT2D eigenvalue weighted by Gasteiger charge is -2.31. The van der Waals surface area contributed by atoms with Crippen LogP contribution in [0.2, 0.25) is 0 Å². The van der Waals surface area contributed by atoms with E-state index in [-0.39, 0.29) is 22.5 Å². The summed E-state index contributed by atoms with van der Waals surface area (Å²) < 4.78 is 5.08. The Kier molecular flexibility index (Phi) is 5.27. The maximum Gasteiger partial charge on any atom is 0.310 e. The van der Waals surface area contributed by atoms with Crippen molar-refractivity contribution in [2.75, 3.05) is 19.7 Å².